The van der Waals surface area contributed by atoms with Crippen molar-refractivity contribution in [1.82, 2.24) is 4.72 Å². The number of carbonyl (C=O) groups excluding carboxylic acids is 1. The number of carbonyl (C=O) groups is 1. The lowest BCUT2D eigenvalue weighted by Crippen LogP contribution is -2.32. The lowest BCUT2D eigenvalue weighted by molar-refractivity contribution is -0.111. The van der Waals surface area contributed by atoms with E-state index in [0.29, 0.717) is 0 Å². The van der Waals surface area contributed by atoms with Crippen LogP contribution in [0.5, 0.6) is 0 Å². The van der Waals surface area contributed by atoms with Crippen molar-refractivity contribution in [2.75, 3.05) is 23.3 Å². The van der Waals surface area contributed by atoms with E-state index in [4.69, 9.17) is 0 Å². The Morgan fingerprint density at radius 2 is 2.00 bits per heavy atom. The summed E-state index contributed by atoms with van der Waals surface area (Å²) in [4.78, 5) is 15.4. The van der Waals surface area contributed by atoms with Crippen LogP contribution in [0.2, 0.25) is 0 Å². The van der Waals surface area contributed by atoms with Crippen LogP contribution >= 0.6 is 11.9 Å². The zero-order valence-electron chi connectivity index (χ0n) is 16.8. The van der Waals surface area contributed by atoms with Crippen molar-refractivity contribution >= 4 is 40.0 Å². The summed E-state index contributed by atoms with van der Waals surface area (Å²) in [5.41, 5.74) is 2.39. The van der Waals surface area contributed by atoms with Crippen molar-refractivity contribution in [3.05, 3.63) is 43.0 Å². The van der Waals surface area contributed by atoms with E-state index in [9.17, 15) is 4.79 Å². The number of anilines is 2. The van der Waals surface area contributed by atoms with Crippen molar-refractivity contribution in [2.24, 2.45) is 5.92 Å². The Labute approximate surface area is 171 Å². The number of piperidine rings is 1. The highest BCUT2D eigenvalue weighted by Crippen LogP contribution is 2.40. The van der Waals surface area contributed by atoms with Crippen LogP contribution in [0.1, 0.15) is 39.5 Å². The average Bonchev–Trinajstić information content (AvgIpc) is 3.44. The molecule has 1 aliphatic heterocycles. The third-order valence-corrected chi connectivity index (χ3v) is 6.96. The molecule has 0 bridgehead atoms. The molecule has 1 aliphatic carbocycles. The molecule has 28 heavy (non-hydrogen) atoms. The summed E-state index contributed by atoms with van der Waals surface area (Å²) in [5, 5.41) is 5.28. The highest BCUT2D eigenvalue weighted by Gasteiger charge is 2.37. The molecule has 1 saturated carbocycles. The van der Waals surface area contributed by atoms with Gasteiger partial charge in [-0.2, -0.15) is 0 Å². The topological polar surface area (TPSA) is 44.4 Å². The Kier molecular flexibility index (Phi) is 5.39. The summed E-state index contributed by atoms with van der Waals surface area (Å²) in [6.07, 6.45) is 6.26. The Morgan fingerprint density at radius 3 is 2.68 bits per heavy atom. The summed E-state index contributed by atoms with van der Waals surface area (Å²) in [6.45, 7) is 10.4. The van der Waals surface area contributed by atoms with Gasteiger partial charge in [0.1, 0.15) is 0 Å². The molecule has 4 rings (SSSR count). The summed E-state index contributed by atoms with van der Waals surface area (Å²) in [6, 6.07) is 10.7. The molecule has 0 unspecified atom stereocenters. The first kappa shape index (κ1) is 19.3. The molecule has 2 aromatic rings. The third kappa shape index (κ3) is 4.36. The molecule has 5 heteroatoms. The fourth-order valence-corrected chi connectivity index (χ4v) is 4.56. The molecule has 2 fully saturated rings. The van der Waals surface area contributed by atoms with E-state index < -0.39 is 0 Å². The second-order valence-corrected chi connectivity index (χ2v) is 9.39. The van der Waals surface area contributed by atoms with Crippen LogP contribution in [0, 0.1) is 5.92 Å². The van der Waals surface area contributed by atoms with Gasteiger partial charge in [-0.3, -0.25) is 9.52 Å². The van der Waals surface area contributed by atoms with Gasteiger partial charge in [-0.05, 0) is 86.2 Å². The lowest BCUT2D eigenvalue weighted by atomic mass is 9.97. The number of nitrogens with zero attached hydrogens (tertiary/aromatic N) is 1. The van der Waals surface area contributed by atoms with Gasteiger partial charge in [0.25, 0.3) is 0 Å². The van der Waals surface area contributed by atoms with Crippen LogP contribution in [0.15, 0.2) is 47.9 Å². The SMILES string of the molecule is C=CC(=O)Nc1ccc2c(N3CCC(C)CC3)cc(SNC3(C)CC3)cc2c1. The molecule has 2 aliphatic rings. The Morgan fingerprint density at radius 1 is 1.25 bits per heavy atom. The number of rotatable bonds is 6. The first-order valence-electron chi connectivity index (χ1n) is 10.2. The maximum atomic E-state index is 11.7. The van der Waals surface area contributed by atoms with Crippen molar-refractivity contribution in [1.29, 1.82) is 0 Å². The molecule has 0 atom stereocenters. The van der Waals surface area contributed by atoms with E-state index >= 15 is 0 Å². The van der Waals surface area contributed by atoms with Crippen LogP contribution in [-0.4, -0.2) is 24.5 Å². The third-order valence-electron chi connectivity index (χ3n) is 5.90. The molecular formula is C23H29N3OS. The van der Waals surface area contributed by atoms with E-state index in [0.717, 1.165) is 30.1 Å². The molecule has 1 saturated heterocycles. The normalized spacial score (nSPS) is 18.9. The molecule has 0 aromatic heterocycles. The Hall–Kier alpha value is -1.98. The lowest BCUT2D eigenvalue weighted by Gasteiger charge is -2.33. The second kappa shape index (κ2) is 7.80. The van der Waals surface area contributed by atoms with E-state index in [2.05, 4.69) is 59.6 Å². The number of nitrogens with one attached hydrogen (secondary N) is 2. The number of hydrogen-bond acceptors (Lipinski definition) is 4. The quantitative estimate of drug-likeness (QED) is 0.511. The number of amides is 1. The maximum absolute atomic E-state index is 11.7. The van der Waals surface area contributed by atoms with Crippen molar-refractivity contribution < 1.29 is 4.79 Å². The number of hydrogen-bond donors (Lipinski definition) is 2. The predicted octanol–water partition coefficient (Wildman–Crippen LogP) is 5.35. The van der Waals surface area contributed by atoms with Gasteiger partial charge < -0.3 is 10.2 Å². The number of fused-ring (bicyclic) bond motifs is 1. The van der Waals surface area contributed by atoms with Crippen molar-refractivity contribution in [3.63, 3.8) is 0 Å². The van der Waals surface area contributed by atoms with Gasteiger partial charge in [0.05, 0.1) is 0 Å². The molecule has 2 N–H and O–H groups in total. The van der Waals surface area contributed by atoms with Crippen LogP contribution in [0.3, 0.4) is 0 Å². The molecule has 1 heterocycles. The zero-order valence-corrected chi connectivity index (χ0v) is 17.6. The van der Waals surface area contributed by atoms with Gasteiger partial charge >= 0.3 is 0 Å². The summed E-state index contributed by atoms with van der Waals surface area (Å²) >= 11 is 1.73. The van der Waals surface area contributed by atoms with Gasteiger partial charge in [-0.15, -0.1) is 0 Å². The minimum Gasteiger partial charge on any atom is -0.371 e. The van der Waals surface area contributed by atoms with Gasteiger partial charge in [0, 0.05) is 40.3 Å². The first-order chi connectivity index (χ1) is 13.5. The molecule has 1 amide bonds. The largest absolute Gasteiger partial charge is 0.371 e. The molecule has 0 radical (unpaired) electrons. The van der Waals surface area contributed by atoms with Crippen LogP contribution in [-0.2, 0) is 4.79 Å². The summed E-state index contributed by atoms with van der Waals surface area (Å²) < 4.78 is 3.62. The standard InChI is InChI=1S/C23H29N3OS/c1-4-22(27)24-18-5-6-20-17(13-18)14-19(28-25-23(3)9-10-23)15-21(20)26-11-7-16(2)8-12-26/h4-6,13-16,25H,1,7-12H2,2-3H3,(H,24,27). The number of benzene rings is 2. The molecule has 0 spiro atoms. The predicted molar refractivity (Wildman–Crippen MR) is 120 cm³/mol. The van der Waals surface area contributed by atoms with Gasteiger partial charge in [-0.1, -0.05) is 19.6 Å². The van der Waals surface area contributed by atoms with Crippen molar-refractivity contribution in [2.45, 2.75) is 50.0 Å². The van der Waals surface area contributed by atoms with E-state index in [1.807, 2.05) is 6.07 Å². The van der Waals surface area contributed by atoms with E-state index in [-0.39, 0.29) is 11.4 Å². The summed E-state index contributed by atoms with van der Waals surface area (Å²) in [5.74, 6) is 0.621. The highest BCUT2D eigenvalue weighted by atomic mass is 32.2. The molecule has 2 aromatic carbocycles. The van der Waals surface area contributed by atoms with Crippen LogP contribution in [0.25, 0.3) is 10.8 Å². The smallest absolute Gasteiger partial charge is 0.247 e. The van der Waals surface area contributed by atoms with Gasteiger partial charge in [-0.25, -0.2) is 0 Å². The minimum absolute atomic E-state index is 0.182. The second-order valence-electron chi connectivity index (χ2n) is 8.51. The fourth-order valence-electron chi connectivity index (χ4n) is 3.64. The fraction of sp³-hybridized carbons (Fsp3) is 0.435. The summed E-state index contributed by atoms with van der Waals surface area (Å²) in [7, 11) is 0. The monoisotopic (exact) mass is 395 g/mol. The molecule has 148 valence electrons. The zero-order chi connectivity index (χ0) is 19.7. The Bertz CT molecular complexity index is 898. The van der Waals surface area contributed by atoms with Crippen LogP contribution in [0.4, 0.5) is 11.4 Å². The Balaban J connectivity index is 1.69. The average molecular weight is 396 g/mol. The molecular weight excluding hydrogens is 366 g/mol. The van der Waals surface area contributed by atoms with Gasteiger partial charge in [0.2, 0.25) is 5.91 Å². The van der Waals surface area contributed by atoms with Crippen molar-refractivity contribution in [3.8, 4) is 0 Å². The first-order valence-corrected chi connectivity index (χ1v) is 11.0. The van der Waals surface area contributed by atoms with Crippen LogP contribution < -0.4 is 14.9 Å². The molecule has 4 nitrogen and oxygen atoms in total. The highest BCUT2D eigenvalue weighted by molar-refractivity contribution is 7.97. The van der Waals surface area contributed by atoms with E-state index in [1.165, 1.54) is 47.7 Å². The maximum Gasteiger partial charge on any atom is 0.247 e. The minimum atomic E-state index is -0.182. The van der Waals surface area contributed by atoms with E-state index in [1.54, 1.807) is 11.9 Å². The van der Waals surface area contributed by atoms with Gasteiger partial charge in [0.15, 0.2) is 0 Å².